The van der Waals surface area contributed by atoms with Gasteiger partial charge in [0, 0.05) is 36.8 Å². The van der Waals surface area contributed by atoms with Gasteiger partial charge in [-0.15, -0.1) is 0 Å². The molecular formula is C21H19N5O2. The number of nitrogens with one attached hydrogen (secondary N) is 1. The SMILES string of the molecule is Cc1ccc(CNC(=O)c2cc(Cn3cc(-c4ccncc4)cn3)on2)cc1. The minimum absolute atomic E-state index is 0.253. The molecule has 1 N–H and O–H groups in total. The van der Waals surface area contributed by atoms with Gasteiger partial charge in [0.25, 0.3) is 5.91 Å². The van der Waals surface area contributed by atoms with Crippen molar-refractivity contribution in [3.63, 3.8) is 0 Å². The van der Waals surface area contributed by atoms with Crippen LogP contribution in [0.3, 0.4) is 0 Å². The molecule has 140 valence electrons. The van der Waals surface area contributed by atoms with Gasteiger partial charge in [-0.25, -0.2) is 0 Å². The Morgan fingerprint density at radius 3 is 2.68 bits per heavy atom. The molecule has 4 aromatic rings. The molecule has 1 amide bonds. The summed E-state index contributed by atoms with van der Waals surface area (Å²) < 4.78 is 7.03. The first-order valence-corrected chi connectivity index (χ1v) is 8.89. The van der Waals surface area contributed by atoms with Crippen LogP contribution in [-0.4, -0.2) is 25.8 Å². The van der Waals surface area contributed by atoms with Crippen LogP contribution in [0.25, 0.3) is 11.1 Å². The van der Waals surface area contributed by atoms with Crippen molar-refractivity contribution in [3.8, 4) is 11.1 Å². The minimum Gasteiger partial charge on any atom is -0.359 e. The van der Waals surface area contributed by atoms with Crippen molar-refractivity contribution in [1.29, 1.82) is 0 Å². The maximum absolute atomic E-state index is 12.3. The molecule has 0 spiro atoms. The van der Waals surface area contributed by atoms with E-state index in [1.807, 2.05) is 49.5 Å². The van der Waals surface area contributed by atoms with Crippen molar-refractivity contribution in [2.75, 3.05) is 0 Å². The van der Waals surface area contributed by atoms with E-state index >= 15 is 0 Å². The van der Waals surface area contributed by atoms with Crippen LogP contribution in [0.15, 0.2) is 71.8 Å². The van der Waals surface area contributed by atoms with Crippen LogP contribution in [0, 0.1) is 6.92 Å². The van der Waals surface area contributed by atoms with Crippen LogP contribution in [0.1, 0.15) is 27.4 Å². The lowest BCUT2D eigenvalue weighted by Gasteiger charge is -2.03. The van der Waals surface area contributed by atoms with Crippen molar-refractivity contribution in [2.24, 2.45) is 0 Å². The van der Waals surface area contributed by atoms with Crippen molar-refractivity contribution in [2.45, 2.75) is 20.0 Å². The maximum atomic E-state index is 12.3. The Bertz CT molecular complexity index is 1070. The van der Waals surface area contributed by atoms with Gasteiger partial charge in [-0.3, -0.25) is 14.5 Å². The highest BCUT2D eigenvalue weighted by atomic mass is 16.5. The zero-order valence-electron chi connectivity index (χ0n) is 15.4. The largest absolute Gasteiger partial charge is 0.359 e. The number of hydrogen-bond acceptors (Lipinski definition) is 5. The summed E-state index contributed by atoms with van der Waals surface area (Å²) in [5.41, 5.74) is 4.49. The third-order valence-corrected chi connectivity index (χ3v) is 4.33. The van der Waals surface area contributed by atoms with Crippen molar-refractivity contribution < 1.29 is 9.32 Å². The van der Waals surface area contributed by atoms with Crippen molar-refractivity contribution >= 4 is 5.91 Å². The predicted octanol–water partition coefficient (Wildman–Crippen LogP) is 3.22. The topological polar surface area (TPSA) is 85.8 Å². The molecule has 3 aromatic heterocycles. The van der Waals surface area contributed by atoms with Crippen LogP contribution >= 0.6 is 0 Å². The maximum Gasteiger partial charge on any atom is 0.273 e. The molecule has 4 rings (SSSR count). The standard InChI is InChI=1S/C21H19N5O2/c1-15-2-4-16(5-3-15)11-23-21(27)20-10-19(28-25-20)14-26-13-18(12-24-26)17-6-8-22-9-7-17/h2-10,12-13H,11,14H2,1H3,(H,23,27). The minimum atomic E-state index is -0.270. The van der Waals surface area contributed by atoms with E-state index in [-0.39, 0.29) is 11.6 Å². The van der Waals surface area contributed by atoms with Crippen LogP contribution < -0.4 is 5.32 Å². The number of benzene rings is 1. The predicted molar refractivity (Wildman–Crippen MR) is 103 cm³/mol. The first kappa shape index (κ1) is 17.7. The van der Waals surface area contributed by atoms with E-state index in [0.717, 1.165) is 16.7 Å². The summed E-state index contributed by atoms with van der Waals surface area (Å²) in [6.45, 7) is 2.86. The second-order valence-corrected chi connectivity index (χ2v) is 6.51. The Balaban J connectivity index is 1.37. The number of aromatic nitrogens is 4. The Morgan fingerprint density at radius 2 is 1.89 bits per heavy atom. The molecule has 0 saturated heterocycles. The third kappa shape index (κ3) is 4.15. The summed E-state index contributed by atoms with van der Waals surface area (Å²) in [6, 6.07) is 13.5. The summed E-state index contributed by atoms with van der Waals surface area (Å²) in [5, 5.41) is 11.0. The van der Waals surface area contributed by atoms with Crippen molar-refractivity contribution in [3.05, 3.63) is 89.8 Å². The molecule has 0 aliphatic carbocycles. The highest BCUT2D eigenvalue weighted by Gasteiger charge is 2.13. The molecule has 0 aliphatic rings. The fourth-order valence-corrected chi connectivity index (χ4v) is 2.78. The molecule has 0 saturated carbocycles. The molecule has 3 heterocycles. The van der Waals surface area contributed by atoms with Crippen LogP contribution in [0.4, 0.5) is 0 Å². The first-order valence-electron chi connectivity index (χ1n) is 8.89. The second kappa shape index (κ2) is 7.87. The summed E-state index contributed by atoms with van der Waals surface area (Å²) in [5.74, 6) is 0.290. The van der Waals surface area contributed by atoms with Gasteiger partial charge in [0.15, 0.2) is 11.5 Å². The number of aryl methyl sites for hydroxylation is 1. The second-order valence-electron chi connectivity index (χ2n) is 6.51. The number of pyridine rings is 1. The van der Waals surface area contributed by atoms with Gasteiger partial charge in [-0.1, -0.05) is 35.0 Å². The normalized spacial score (nSPS) is 10.8. The molecule has 0 bridgehead atoms. The zero-order chi connectivity index (χ0) is 19.3. The van der Waals surface area contributed by atoms with Gasteiger partial charge < -0.3 is 9.84 Å². The lowest BCUT2D eigenvalue weighted by atomic mass is 10.1. The summed E-state index contributed by atoms with van der Waals surface area (Å²) in [6.07, 6.45) is 7.17. The van der Waals surface area contributed by atoms with E-state index < -0.39 is 0 Å². The van der Waals surface area contributed by atoms with Crippen molar-refractivity contribution in [1.82, 2.24) is 25.2 Å². The molecule has 1 aromatic carbocycles. The molecule has 0 unspecified atom stereocenters. The molecule has 0 aliphatic heterocycles. The van der Waals surface area contributed by atoms with Gasteiger partial charge in [-0.05, 0) is 30.2 Å². The van der Waals surface area contributed by atoms with Gasteiger partial charge in [-0.2, -0.15) is 5.10 Å². The molecule has 0 radical (unpaired) electrons. The Labute approximate surface area is 162 Å². The number of rotatable bonds is 6. The summed E-state index contributed by atoms with van der Waals surface area (Å²) in [7, 11) is 0. The van der Waals surface area contributed by atoms with E-state index in [1.54, 1.807) is 29.3 Å². The van der Waals surface area contributed by atoms with Gasteiger partial charge >= 0.3 is 0 Å². The molecule has 7 nitrogen and oxygen atoms in total. The first-order chi connectivity index (χ1) is 13.7. The van der Waals surface area contributed by atoms with Crippen LogP contribution in [0.2, 0.25) is 0 Å². The monoisotopic (exact) mass is 373 g/mol. The molecule has 0 atom stereocenters. The summed E-state index contributed by atoms with van der Waals surface area (Å²) >= 11 is 0. The number of carbonyl (C=O) groups excluding carboxylic acids is 1. The van der Waals surface area contributed by atoms with E-state index in [0.29, 0.717) is 18.8 Å². The Kier molecular flexibility index (Phi) is 4.97. The van der Waals surface area contributed by atoms with E-state index in [2.05, 4.69) is 20.6 Å². The highest BCUT2D eigenvalue weighted by Crippen LogP contribution is 2.17. The smallest absolute Gasteiger partial charge is 0.273 e. The number of carbonyl (C=O) groups is 1. The summed E-state index contributed by atoms with van der Waals surface area (Å²) in [4.78, 5) is 16.3. The zero-order valence-corrected chi connectivity index (χ0v) is 15.4. The number of hydrogen-bond donors (Lipinski definition) is 1. The molecule has 0 fully saturated rings. The average molecular weight is 373 g/mol. The fourth-order valence-electron chi connectivity index (χ4n) is 2.78. The third-order valence-electron chi connectivity index (χ3n) is 4.33. The lowest BCUT2D eigenvalue weighted by molar-refractivity contribution is 0.0941. The number of amides is 1. The highest BCUT2D eigenvalue weighted by molar-refractivity contribution is 5.92. The lowest BCUT2D eigenvalue weighted by Crippen LogP contribution is -2.23. The van der Waals surface area contributed by atoms with E-state index in [1.165, 1.54) is 5.56 Å². The number of nitrogens with zero attached hydrogens (tertiary/aromatic N) is 4. The molecule has 7 heteroatoms. The quantitative estimate of drug-likeness (QED) is 0.561. The van der Waals surface area contributed by atoms with Crippen LogP contribution in [0.5, 0.6) is 0 Å². The Hall–Kier alpha value is -3.74. The van der Waals surface area contributed by atoms with E-state index in [4.69, 9.17) is 4.52 Å². The van der Waals surface area contributed by atoms with Gasteiger partial charge in [0.05, 0.1) is 6.20 Å². The molecule has 28 heavy (non-hydrogen) atoms. The Morgan fingerprint density at radius 1 is 1.11 bits per heavy atom. The average Bonchev–Trinajstić information content (AvgIpc) is 3.38. The van der Waals surface area contributed by atoms with E-state index in [9.17, 15) is 4.79 Å². The van der Waals surface area contributed by atoms with Gasteiger partial charge in [0.1, 0.15) is 6.54 Å². The molecular weight excluding hydrogens is 354 g/mol. The fraction of sp³-hybridized carbons (Fsp3) is 0.143. The van der Waals surface area contributed by atoms with Gasteiger partial charge in [0.2, 0.25) is 0 Å². The van der Waals surface area contributed by atoms with Crippen LogP contribution in [-0.2, 0) is 13.1 Å².